The fraction of sp³-hybridized carbons (Fsp3) is 0.529. The molecule has 0 saturated carbocycles. The zero-order valence-electron chi connectivity index (χ0n) is 14.9. The van der Waals surface area contributed by atoms with Gasteiger partial charge in [0.05, 0.1) is 6.26 Å². The van der Waals surface area contributed by atoms with Crippen LogP contribution in [0.1, 0.15) is 32.1 Å². The first-order valence-electron chi connectivity index (χ1n) is 8.85. The molecule has 1 unspecified atom stereocenters. The number of rotatable bonds is 5. The topological polar surface area (TPSA) is 114 Å². The van der Waals surface area contributed by atoms with Crippen molar-refractivity contribution in [1.82, 2.24) is 25.7 Å². The third-order valence-electron chi connectivity index (χ3n) is 5.30. The van der Waals surface area contributed by atoms with Crippen molar-refractivity contribution in [2.75, 3.05) is 13.1 Å². The molecule has 0 spiro atoms. The molecule has 0 aromatic carbocycles. The monoisotopic (exact) mass is 395 g/mol. The van der Waals surface area contributed by atoms with Gasteiger partial charge in [0, 0.05) is 0 Å². The Labute approximate surface area is 162 Å². The maximum atomic E-state index is 13.1. The van der Waals surface area contributed by atoms with Gasteiger partial charge >= 0.3 is 6.03 Å². The predicted molar refractivity (Wildman–Crippen MR) is 96.9 cm³/mol. The van der Waals surface area contributed by atoms with E-state index in [9.17, 15) is 9.59 Å². The number of carbonyl (C=O) groups is 2. The lowest BCUT2D eigenvalue weighted by Crippen LogP contribution is -2.55. The molecule has 4 heterocycles. The lowest BCUT2D eigenvalue weighted by Gasteiger charge is -2.37. The molecule has 146 valence electrons. The highest BCUT2D eigenvalue weighted by Gasteiger charge is 2.54. The smallest absolute Gasteiger partial charge is 0.325 e. The summed E-state index contributed by atoms with van der Waals surface area (Å²) in [5.74, 6) is 0.857. The van der Waals surface area contributed by atoms with Crippen LogP contribution < -0.4 is 10.6 Å². The molecule has 9 nitrogen and oxygen atoms in total. The van der Waals surface area contributed by atoms with E-state index in [1.54, 1.807) is 12.1 Å². The van der Waals surface area contributed by atoms with Crippen LogP contribution >= 0.6 is 12.4 Å². The maximum Gasteiger partial charge on any atom is 0.325 e. The molecule has 10 heteroatoms. The molecule has 0 bridgehead atoms. The SMILES string of the molecule is CCC1(C2CCNCC2)NC(=O)N(Cc2nc(-c3ccco3)no2)C1=O.Cl. The van der Waals surface area contributed by atoms with Gasteiger partial charge in [-0.3, -0.25) is 9.69 Å². The summed E-state index contributed by atoms with van der Waals surface area (Å²) in [4.78, 5) is 31.0. The van der Waals surface area contributed by atoms with Crippen LogP contribution in [0.4, 0.5) is 4.79 Å². The molecule has 2 fully saturated rings. The van der Waals surface area contributed by atoms with Gasteiger partial charge in [-0.05, 0) is 50.4 Å². The number of furan rings is 1. The second-order valence-corrected chi connectivity index (χ2v) is 6.66. The molecule has 2 aromatic heterocycles. The van der Waals surface area contributed by atoms with Crippen molar-refractivity contribution >= 4 is 24.3 Å². The van der Waals surface area contributed by atoms with E-state index >= 15 is 0 Å². The number of hydrogen-bond donors (Lipinski definition) is 2. The molecule has 27 heavy (non-hydrogen) atoms. The lowest BCUT2D eigenvalue weighted by atomic mass is 9.76. The van der Waals surface area contributed by atoms with E-state index < -0.39 is 11.6 Å². The van der Waals surface area contributed by atoms with E-state index in [-0.39, 0.29) is 42.5 Å². The van der Waals surface area contributed by atoms with Crippen LogP contribution in [0.15, 0.2) is 27.3 Å². The van der Waals surface area contributed by atoms with Crippen LogP contribution in [0.5, 0.6) is 0 Å². The van der Waals surface area contributed by atoms with E-state index in [4.69, 9.17) is 8.94 Å². The van der Waals surface area contributed by atoms with Gasteiger partial charge in [-0.25, -0.2) is 4.79 Å². The van der Waals surface area contributed by atoms with E-state index in [2.05, 4.69) is 20.8 Å². The number of halogens is 1. The van der Waals surface area contributed by atoms with E-state index in [1.165, 1.54) is 11.2 Å². The van der Waals surface area contributed by atoms with Gasteiger partial charge in [-0.2, -0.15) is 4.98 Å². The maximum absolute atomic E-state index is 13.1. The highest BCUT2D eigenvalue weighted by atomic mass is 35.5. The van der Waals surface area contributed by atoms with Crippen molar-refractivity contribution in [3.05, 3.63) is 24.3 Å². The number of carbonyl (C=O) groups excluding carboxylic acids is 2. The Morgan fingerprint density at radius 3 is 2.78 bits per heavy atom. The summed E-state index contributed by atoms with van der Waals surface area (Å²) in [6, 6.07) is 3.02. The number of piperidine rings is 1. The summed E-state index contributed by atoms with van der Waals surface area (Å²) in [6.07, 6.45) is 3.78. The Morgan fingerprint density at radius 1 is 1.33 bits per heavy atom. The van der Waals surface area contributed by atoms with Gasteiger partial charge in [-0.15, -0.1) is 12.4 Å². The fourth-order valence-corrected chi connectivity index (χ4v) is 3.87. The number of nitrogens with zero attached hydrogens (tertiary/aromatic N) is 3. The van der Waals surface area contributed by atoms with Gasteiger partial charge in [0.2, 0.25) is 11.7 Å². The summed E-state index contributed by atoms with van der Waals surface area (Å²) in [5.41, 5.74) is -0.844. The minimum absolute atomic E-state index is 0. The largest absolute Gasteiger partial charge is 0.461 e. The second kappa shape index (κ2) is 7.69. The second-order valence-electron chi connectivity index (χ2n) is 6.66. The van der Waals surface area contributed by atoms with Gasteiger partial charge < -0.3 is 19.6 Å². The van der Waals surface area contributed by atoms with Crippen molar-refractivity contribution in [1.29, 1.82) is 0 Å². The first-order valence-corrected chi connectivity index (χ1v) is 8.85. The molecule has 1 atom stereocenters. The Kier molecular flexibility index (Phi) is 5.52. The standard InChI is InChI=1S/C17H21N5O4.ClH/c1-2-17(11-5-7-18-8-6-11)15(23)22(16(24)20-17)10-13-19-14(21-26-13)12-4-3-9-25-12;/h3-4,9,11,18H,2,5-8,10H2,1H3,(H,20,24);1H. The van der Waals surface area contributed by atoms with Crippen molar-refractivity contribution in [2.45, 2.75) is 38.3 Å². The van der Waals surface area contributed by atoms with E-state index in [0.29, 0.717) is 12.2 Å². The van der Waals surface area contributed by atoms with Crippen LogP contribution in [0.2, 0.25) is 0 Å². The molecule has 2 aliphatic heterocycles. The predicted octanol–water partition coefficient (Wildman–Crippen LogP) is 1.95. The highest BCUT2D eigenvalue weighted by molar-refractivity contribution is 6.07. The van der Waals surface area contributed by atoms with Crippen molar-refractivity contribution in [2.24, 2.45) is 5.92 Å². The molecule has 3 amide bonds. The Morgan fingerprint density at radius 2 is 2.11 bits per heavy atom. The minimum atomic E-state index is -0.844. The first-order chi connectivity index (χ1) is 12.6. The number of nitrogens with one attached hydrogen (secondary N) is 2. The number of aromatic nitrogens is 2. The summed E-state index contributed by atoms with van der Waals surface area (Å²) >= 11 is 0. The molecule has 2 aliphatic rings. The molecular formula is C17H22ClN5O4. The zero-order chi connectivity index (χ0) is 18.1. The van der Waals surface area contributed by atoms with Crippen molar-refractivity contribution in [3.63, 3.8) is 0 Å². The normalized spacial score (nSPS) is 23.4. The number of imide groups is 1. The summed E-state index contributed by atoms with van der Waals surface area (Å²) in [5, 5.41) is 10.1. The lowest BCUT2D eigenvalue weighted by molar-refractivity contribution is -0.134. The molecule has 2 N–H and O–H groups in total. The summed E-state index contributed by atoms with van der Waals surface area (Å²) < 4.78 is 10.4. The van der Waals surface area contributed by atoms with Gasteiger partial charge in [0.15, 0.2) is 5.76 Å². The van der Waals surface area contributed by atoms with Crippen LogP contribution in [0.25, 0.3) is 11.6 Å². The minimum Gasteiger partial charge on any atom is -0.461 e. The molecule has 0 radical (unpaired) electrons. The van der Waals surface area contributed by atoms with Crippen molar-refractivity contribution < 1.29 is 18.5 Å². The fourth-order valence-electron chi connectivity index (χ4n) is 3.87. The molecular weight excluding hydrogens is 374 g/mol. The highest BCUT2D eigenvalue weighted by Crippen LogP contribution is 2.35. The number of amides is 3. The molecule has 2 saturated heterocycles. The Bertz CT molecular complexity index is 802. The van der Waals surface area contributed by atoms with Crippen LogP contribution in [0, 0.1) is 5.92 Å². The summed E-state index contributed by atoms with van der Waals surface area (Å²) in [6.45, 7) is 3.59. The van der Waals surface area contributed by atoms with Crippen LogP contribution in [-0.2, 0) is 11.3 Å². The molecule has 2 aromatic rings. The number of urea groups is 1. The average molecular weight is 396 g/mol. The zero-order valence-corrected chi connectivity index (χ0v) is 15.8. The third-order valence-corrected chi connectivity index (χ3v) is 5.30. The van der Waals surface area contributed by atoms with E-state index in [1.807, 2.05) is 6.92 Å². The average Bonchev–Trinajstić information content (AvgIpc) is 3.39. The van der Waals surface area contributed by atoms with Gasteiger partial charge in [-0.1, -0.05) is 12.1 Å². The Balaban J connectivity index is 0.00000210. The quantitative estimate of drug-likeness (QED) is 0.743. The van der Waals surface area contributed by atoms with E-state index in [0.717, 1.165) is 25.9 Å². The first kappa shape index (κ1) is 19.4. The van der Waals surface area contributed by atoms with Gasteiger partial charge in [0.1, 0.15) is 12.1 Å². The third kappa shape index (κ3) is 3.32. The van der Waals surface area contributed by atoms with Crippen molar-refractivity contribution in [3.8, 4) is 11.6 Å². The molecule has 4 rings (SSSR count). The molecule has 0 aliphatic carbocycles. The van der Waals surface area contributed by atoms with Crippen LogP contribution in [-0.4, -0.2) is 45.6 Å². The Hall–Kier alpha value is -2.39. The summed E-state index contributed by atoms with van der Waals surface area (Å²) in [7, 11) is 0. The number of hydrogen-bond acceptors (Lipinski definition) is 7. The van der Waals surface area contributed by atoms with Gasteiger partial charge in [0.25, 0.3) is 5.91 Å². The van der Waals surface area contributed by atoms with Crippen LogP contribution in [0.3, 0.4) is 0 Å².